The number of rotatable bonds is 2. The number of nitrogens with zero attached hydrogens (tertiary/aromatic N) is 2. The molecular weight excluding hydrogens is 239 g/mol. The number of fused-ring (bicyclic) bond motifs is 1. The third-order valence-electron chi connectivity index (χ3n) is 4.69. The molecule has 2 nitrogen and oxygen atoms in total. The summed E-state index contributed by atoms with van der Waals surface area (Å²) in [4.78, 5) is 2.46. The van der Waals surface area contributed by atoms with Crippen molar-refractivity contribution in [2.24, 2.45) is 5.92 Å². The molecule has 1 aliphatic heterocycles. The molecule has 3 rings (SSSR count). The minimum atomic E-state index is -0.242. The monoisotopic (exact) mass is 258 g/mol. The Hall–Kier alpha value is -1.40. The van der Waals surface area contributed by atoms with E-state index in [1.165, 1.54) is 44.2 Å². The van der Waals surface area contributed by atoms with E-state index in [9.17, 15) is 4.39 Å². The number of hydrogen-bond acceptors (Lipinski definition) is 2. The van der Waals surface area contributed by atoms with Gasteiger partial charge in [-0.2, -0.15) is 5.26 Å². The number of hydrogen-bond donors (Lipinski definition) is 0. The van der Waals surface area contributed by atoms with E-state index in [2.05, 4.69) is 11.0 Å². The average molecular weight is 258 g/mol. The van der Waals surface area contributed by atoms with Crippen LogP contribution in [0.5, 0.6) is 0 Å². The molecule has 0 radical (unpaired) electrons. The molecule has 2 atom stereocenters. The minimum absolute atomic E-state index is 0.242. The molecule has 0 aromatic heterocycles. The average Bonchev–Trinajstić information content (AvgIpc) is 2.83. The Morgan fingerprint density at radius 3 is 2.95 bits per heavy atom. The van der Waals surface area contributed by atoms with E-state index in [0.29, 0.717) is 11.6 Å². The van der Waals surface area contributed by atoms with Gasteiger partial charge in [-0.25, -0.2) is 4.39 Å². The van der Waals surface area contributed by atoms with E-state index in [0.717, 1.165) is 24.6 Å². The lowest BCUT2D eigenvalue weighted by Crippen LogP contribution is -2.34. The lowest BCUT2D eigenvalue weighted by atomic mass is 9.85. The topological polar surface area (TPSA) is 27.0 Å². The van der Waals surface area contributed by atoms with Crippen molar-refractivity contribution in [2.75, 3.05) is 6.54 Å². The zero-order valence-electron chi connectivity index (χ0n) is 11.1. The van der Waals surface area contributed by atoms with Gasteiger partial charge in [0, 0.05) is 12.6 Å². The van der Waals surface area contributed by atoms with Crippen molar-refractivity contribution in [2.45, 2.75) is 44.7 Å². The Morgan fingerprint density at radius 2 is 2.11 bits per heavy atom. The molecule has 100 valence electrons. The van der Waals surface area contributed by atoms with Crippen LogP contribution in [0.3, 0.4) is 0 Å². The first kappa shape index (κ1) is 12.6. The van der Waals surface area contributed by atoms with Crippen LogP contribution in [0.2, 0.25) is 0 Å². The highest BCUT2D eigenvalue weighted by Crippen LogP contribution is 2.37. The first-order chi connectivity index (χ1) is 9.28. The summed E-state index contributed by atoms with van der Waals surface area (Å²) >= 11 is 0. The van der Waals surface area contributed by atoms with Gasteiger partial charge >= 0.3 is 0 Å². The zero-order chi connectivity index (χ0) is 13.2. The molecule has 3 heteroatoms. The van der Waals surface area contributed by atoms with Gasteiger partial charge in [0.25, 0.3) is 0 Å². The summed E-state index contributed by atoms with van der Waals surface area (Å²) in [6.45, 7) is 1.82. The normalized spacial score (nSPS) is 26.9. The number of nitriles is 1. The van der Waals surface area contributed by atoms with Gasteiger partial charge in [-0.05, 0) is 55.5 Å². The van der Waals surface area contributed by atoms with Crippen LogP contribution >= 0.6 is 0 Å². The summed E-state index contributed by atoms with van der Waals surface area (Å²) in [5.41, 5.74) is 1.45. The molecule has 1 aliphatic carbocycles. The predicted molar refractivity (Wildman–Crippen MR) is 71.9 cm³/mol. The summed E-state index contributed by atoms with van der Waals surface area (Å²) in [5, 5.41) is 9.12. The molecular formula is C16H19FN2. The number of likely N-dealkylation sites (tertiary alicyclic amines) is 1. The lowest BCUT2D eigenvalue weighted by Gasteiger charge is -2.31. The minimum Gasteiger partial charge on any atom is -0.296 e. The van der Waals surface area contributed by atoms with Crippen LogP contribution in [0.25, 0.3) is 0 Å². The molecule has 19 heavy (non-hydrogen) atoms. The Bertz CT molecular complexity index is 506. The highest BCUT2D eigenvalue weighted by molar-refractivity contribution is 5.37. The van der Waals surface area contributed by atoms with Crippen LogP contribution in [0.15, 0.2) is 18.2 Å². The Labute approximate surface area is 113 Å². The van der Waals surface area contributed by atoms with Crippen LogP contribution in [-0.2, 0) is 6.54 Å². The molecule has 0 amide bonds. The van der Waals surface area contributed by atoms with E-state index >= 15 is 0 Å². The fraction of sp³-hybridized carbons (Fsp3) is 0.562. The zero-order valence-corrected chi connectivity index (χ0v) is 11.1. The molecule has 0 spiro atoms. The molecule has 1 saturated heterocycles. The molecule has 2 unspecified atom stereocenters. The van der Waals surface area contributed by atoms with Gasteiger partial charge < -0.3 is 0 Å². The number of benzene rings is 1. The van der Waals surface area contributed by atoms with Crippen molar-refractivity contribution in [1.29, 1.82) is 5.26 Å². The van der Waals surface area contributed by atoms with Gasteiger partial charge in [-0.1, -0.05) is 12.8 Å². The smallest absolute Gasteiger partial charge is 0.123 e. The van der Waals surface area contributed by atoms with Crippen LogP contribution in [0, 0.1) is 23.1 Å². The van der Waals surface area contributed by atoms with Crippen LogP contribution < -0.4 is 0 Å². The maximum atomic E-state index is 13.4. The van der Waals surface area contributed by atoms with Gasteiger partial charge in [-0.3, -0.25) is 4.90 Å². The molecule has 0 bridgehead atoms. The Morgan fingerprint density at radius 1 is 1.26 bits per heavy atom. The van der Waals surface area contributed by atoms with Crippen LogP contribution in [-0.4, -0.2) is 17.5 Å². The van der Waals surface area contributed by atoms with Crippen LogP contribution in [0.1, 0.15) is 43.2 Å². The second kappa shape index (κ2) is 5.30. The van der Waals surface area contributed by atoms with Gasteiger partial charge in [-0.15, -0.1) is 0 Å². The van der Waals surface area contributed by atoms with Crippen molar-refractivity contribution in [3.05, 3.63) is 35.1 Å². The van der Waals surface area contributed by atoms with E-state index in [1.54, 1.807) is 6.07 Å². The largest absolute Gasteiger partial charge is 0.296 e. The fourth-order valence-corrected chi connectivity index (χ4v) is 3.72. The SMILES string of the molecule is N#Cc1ccc(F)cc1CN1CCC2CCCCC21. The van der Waals surface area contributed by atoms with E-state index < -0.39 is 0 Å². The van der Waals surface area contributed by atoms with Crippen LogP contribution in [0.4, 0.5) is 4.39 Å². The van der Waals surface area contributed by atoms with Gasteiger partial charge in [0.15, 0.2) is 0 Å². The molecule has 2 aliphatic rings. The van der Waals surface area contributed by atoms with E-state index in [4.69, 9.17) is 5.26 Å². The number of halogens is 1. The summed E-state index contributed by atoms with van der Waals surface area (Å²) in [5.74, 6) is 0.584. The molecule has 2 fully saturated rings. The summed E-state index contributed by atoms with van der Waals surface area (Å²) < 4.78 is 13.4. The van der Waals surface area contributed by atoms with E-state index in [1.807, 2.05) is 0 Å². The quantitative estimate of drug-likeness (QED) is 0.812. The van der Waals surface area contributed by atoms with E-state index in [-0.39, 0.29) is 5.82 Å². The Balaban J connectivity index is 1.78. The fourth-order valence-electron chi connectivity index (χ4n) is 3.72. The van der Waals surface area contributed by atoms with Crippen molar-refractivity contribution in [1.82, 2.24) is 4.90 Å². The molecule has 1 heterocycles. The molecule has 1 aromatic carbocycles. The second-order valence-corrected chi connectivity index (χ2v) is 5.78. The maximum Gasteiger partial charge on any atom is 0.123 e. The highest BCUT2D eigenvalue weighted by atomic mass is 19.1. The first-order valence-electron chi connectivity index (χ1n) is 7.20. The first-order valence-corrected chi connectivity index (χ1v) is 7.20. The third kappa shape index (κ3) is 2.50. The maximum absolute atomic E-state index is 13.4. The van der Waals surface area contributed by atoms with Gasteiger partial charge in [0.05, 0.1) is 11.6 Å². The van der Waals surface area contributed by atoms with Crippen molar-refractivity contribution < 1.29 is 4.39 Å². The second-order valence-electron chi connectivity index (χ2n) is 5.78. The Kier molecular flexibility index (Phi) is 3.52. The van der Waals surface area contributed by atoms with Gasteiger partial charge in [0.2, 0.25) is 0 Å². The summed E-state index contributed by atoms with van der Waals surface area (Å²) in [6.07, 6.45) is 6.55. The molecule has 0 N–H and O–H groups in total. The van der Waals surface area contributed by atoms with Gasteiger partial charge in [0.1, 0.15) is 5.82 Å². The summed E-state index contributed by atoms with van der Waals surface area (Å²) in [7, 11) is 0. The molecule has 1 aromatic rings. The lowest BCUT2D eigenvalue weighted by molar-refractivity contribution is 0.175. The third-order valence-corrected chi connectivity index (χ3v) is 4.69. The highest BCUT2D eigenvalue weighted by Gasteiger charge is 2.35. The van der Waals surface area contributed by atoms with Crippen molar-refractivity contribution in [3.63, 3.8) is 0 Å². The standard InChI is InChI=1S/C16H19FN2/c17-15-6-5-13(10-18)14(9-15)11-19-8-7-12-3-1-2-4-16(12)19/h5-6,9,12,16H,1-4,7-8,11H2. The predicted octanol–water partition coefficient (Wildman–Crippen LogP) is 3.46. The van der Waals surface area contributed by atoms with Crippen molar-refractivity contribution in [3.8, 4) is 6.07 Å². The van der Waals surface area contributed by atoms with Crippen molar-refractivity contribution >= 4 is 0 Å². The molecule has 1 saturated carbocycles. The summed E-state index contributed by atoms with van der Waals surface area (Å²) in [6, 6.07) is 7.32.